The Balaban J connectivity index is 2.92. The molecule has 0 N–H and O–H groups in total. The van der Waals surface area contributed by atoms with Gasteiger partial charge in [-0.25, -0.2) is 0 Å². The standard InChI is InChI=1S/C9H17NS/c1-8(2)6-10-7(11-5)9(8,3)4/h6H2,1-5H3. The summed E-state index contributed by atoms with van der Waals surface area (Å²) in [5, 5.41) is 1.31. The van der Waals surface area contributed by atoms with E-state index in [-0.39, 0.29) is 5.41 Å². The van der Waals surface area contributed by atoms with Gasteiger partial charge in [-0.2, -0.15) is 0 Å². The maximum absolute atomic E-state index is 4.54. The second-order valence-corrected chi connectivity index (χ2v) is 5.13. The number of nitrogens with zero attached hydrogens (tertiary/aromatic N) is 1. The highest BCUT2D eigenvalue weighted by Gasteiger charge is 2.44. The lowest BCUT2D eigenvalue weighted by molar-refractivity contribution is 0.225. The van der Waals surface area contributed by atoms with Gasteiger partial charge in [0.25, 0.3) is 0 Å². The Kier molecular flexibility index (Phi) is 2.08. The van der Waals surface area contributed by atoms with Gasteiger partial charge < -0.3 is 0 Å². The average Bonchev–Trinajstić information content (AvgIpc) is 2.05. The van der Waals surface area contributed by atoms with E-state index in [1.54, 1.807) is 11.8 Å². The SMILES string of the molecule is CSC1=NCC(C)(C)C1(C)C. The molecule has 0 amide bonds. The van der Waals surface area contributed by atoms with E-state index in [1.807, 2.05) is 0 Å². The Morgan fingerprint density at radius 2 is 1.82 bits per heavy atom. The summed E-state index contributed by atoms with van der Waals surface area (Å²) in [6.07, 6.45) is 2.11. The molecule has 0 fully saturated rings. The first-order chi connectivity index (χ1) is 4.92. The molecule has 11 heavy (non-hydrogen) atoms. The third-order valence-electron chi connectivity index (χ3n) is 3.04. The largest absolute Gasteiger partial charge is 0.282 e. The molecule has 0 aromatic carbocycles. The number of hydrogen-bond acceptors (Lipinski definition) is 2. The summed E-state index contributed by atoms with van der Waals surface area (Å²) in [4.78, 5) is 4.54. The van der Waals surface area contributed by atoms with Crippen molar-refractivity contribution in [2.24, 2.45) is 15.8 Å². The van der Waals surface area contributed by atoms with Gasteiger partial charge in [0.2, 0.25) is 0 Å². The molecular weight excluding hydrogens is 154 g/mol. The van der Waals surface area contributed by atoms with E-state index in [0.717, 1.165) is 6.54 Å². The summed E-state index contributed by atoms with van der Waals surface area (Å²) < 4.78 is 0. The van der Waals surface area contributed by atoms with Crippen LogP contribution in [0.5, 0.6) is 0 Å². The van der Waals surface area contributed by atoms with Crippen molar-refractivity contribution in [3.05, 3.63) is 0 Å². The molecule has 0 spiro atoms. The molecule has 1 aliphatic heterocycles. The molecule has 0 atom stereocenters. The van der Waals surface area contributed by atoms with Crippen molar-refractivity contribution < 1.29 is 0 Å². The van der Waals surface area contributed by atoms with Crippen LogP contribution in [0.1, 0.15) is 27.7 Å². The van der Waals surface area contributed by atoms with Crippen LogP contribution in [0.4, 0.5) is 0 Å². The van der Waals surface area contributed by atoms with E-state index in [9.17, 15) is 0 Å². The van der Waals surface area contributed by atoms with Gasteiger partial charge in [-0.1, -0.05) is 27.7 Å². The third kappa shape index (κ3) is 1.22. The Morgan fingerprint density at radius 1 is 1.27 bits per heavy atom. The lowest BCUT2D eigenvalue weighted by Gasteiger charge is -2.34. The molecule has 1 heterocycles. The normalized spacial score (nSPS) is 26.8. The molecule has 0 radical (unpaired) electrons. The minimum Gasteiger partial charge on any atom is -0.282 e. The molecule has 0 bridgehead atoms. The molecule has 0 unspecified atom stereocenters. The summed E-state index contributed by atoms with van der Waals surface area (Å²) in [5.74, 6) is 0. The van der Waals surface area contributed by atoms with E-state index >= 15 is 0 Å². The van der Waals surface area contributed by atoms with Crippen LogP contribution in [0.3, 0.4) is 0 Å². The van der Waals surface area contributed by atoms with Gasteiger partial charge >= 0.3 is 0 Å². The number of aliphatic imine (C=N–C) groups is 1. The molecule has 0 aromatic rings. The van der Waals surface area contributed by atoms with Crippen molar-refractivity contribution in [2.45, 2.75) is 27.7 Å². The fourth-order valence-corrected chi connectivity index (χ4v) is 2.25. The van der Waals surface area contributed by atoms with Gasteiger partial charge in [-0.3, -0.25) is 4.99 Å². The van der Waals surface area contributed by atoms with Gasteiger partial charge in [0.05, 0.1) is 5.04 Å². The molecule has 1 rings (SSSR count). The van der Waals surface area contributed by atoms with Crippen LogP contribution in [0.15, 0.2) is 4.99 Å². The molecule has 64 valence electrons. The fraction of sp³-hybridized carbons (Fsp3) is 0.889. The van der Waals surface area contributed by atoms with E-state index in [2.05, 4.69) is 38.9 Å². The number of rotatable bonds is 0. The Morgan fingerprint density at radius 3 is 2.00 bits per heavy atom. The van der Waals surface area contributed by atoms with Crippen molar-refractivity contribution in [3.63, 3.8) is 0 Å². The van der Waals surface area contributed by atoms with Crippen LogP contribution in [-0.2, 0) is 0 Å². The highest BCUT2D eigenvalue weighted by atomic mass is 32.2. The molecule has 1 nitrogen and oxygen atoms in total. The van der Waals surface area contributed by atoms with Crippen molar-refractivity contribution >= 4 is 16.8 Å². The lowest BCUT2D eigenvalue weighted by Crippen LogP contribution is -2.34. The van der Waals surface area contributed by atoms with Gasteiger partial charge in [-0.15, -0.1) is 11.8 Å². The smallest absolute Gasteiger partial charge is 0.0735 e. The number of hydrogen-bond donors (Lipinski definition) is 0. The summed E-state index contributed by atoms with van der Waals surface area (Å²) in [5.41, 5.74) is 0.609. The highest BCUT2D eigenvalue weighted by Crippen LogP contribution is 2.46. The molecule has 1 aliphatic rings. The molecule has 0 aromatic heterocycles. The molecule has 2 heteroatoms. The van der Waals surface area contributed by atoms with E-state index < -0.39 is 0 Å². The first-order valence-corrected chi connectivity index (χ1v) is 5.23. The zero-order valence-electron chi connectivity index (χ0n) is 8.06. The van der Waals surface area contributed by atoms with E-state index in [1.165, 1.54) is 5.04 Å². The first-order valence-electron chi connectivity index (χ1n) is 4.01. The predicted octanol–water partition coefficient (Wildman–Crippen LogP) is 2.81. The Bertz CT molecular complexity index is 192. The minimum atomic E-state index is 0.270. The summed E-state index contributed by atoms with van der Waals surface area (Å²) >= 11 is 1.79. The summed E-state index contributed by atoms with van der Waals surface area (Å²) in [6, 6.07) is 0. The van der Waals surface area contributed by atoms with Gasteiger partial charge in [0.1, 0.15) is 0 Å². The minimum absolute atomic E-state index is 0.270. The molecule has 0 saturated carbocycles. The van der Waals surface area contributed by atoms with Crippen molar-refractivity contribution in [3.8, 4) is 0 Å². The third-order valence-corrected chi connectivity index (χ3v) is 4.06. The molecule has 0 aliphatic carbocycles. The van der Waals surface area contributed by atoms with Crippen LogP contribution in [0.2, 0.25) is 0 Å². The highest BCUT2D eigenvalue weighted by molar-refractivity contribution is 8.13. The zero-order chi connectivity index (χ0) is 8.70. The van der Waals surface area contributed by atoms with Crippen LogP contribution < -0.4 is 0 Å². The van der Waals surface area contributed by atoms with Crippen molar-refractivity contribution in [1.82, 2.24) is 0 Å². The van der Waals surface area contributed by atoms with Gasteiger partial charge in [0, 0.05) is 12.0 Å². The van der Waals surface area contributed by atoms with Crippen LogP contribution in [-0.4, -0.2) is 17.8 Å². The first kappa shape index (κ1) is 9.11. The van der Waals surface area contributed by atoms with Crippen molar-refractivity contribution in [2.75, 3.05) is 12.8 Å². The van der Waals surface area contributed by atoms with E-state index in [4.69, 9.17) is 0 Å². The lowest BCUT2D eigenvalue weighted by atomic mass is 9.71. The monoisotopic (exact) mass is 171 g/mol. The Hall–Kier alpha value is 0.0200. The van der Waals surface area contributed by atoms with Crippen LogP contribution in [0, 0.1) is 10.8 Å². The summed E-state index contributed by atoms with van der Waals surface area (Å²) in [6.45, 7) is 10.1. The predicted molar refractivity (Wildman–Crippen MR) is 53.4 cm³/mol. The Labute approximate surface area is 73.7 Å². The van der Waals surface area contributed by atoms with Gasteiger partial charge in [-0.05, 0) is 11.7 Å². The fourth-order valence-electron chi connectivity index (χ4n) is 1.27. The maximum Gasteiger partial charge on any atom is 0.0735 e. The zero-order valence-corrected chi connectivity index (χ0v) is 8.88. The van der Waals surface area contributed by atoms with E-state index in [0.29, 0.717) is 5.41 Å². The molecular formula is C9H17NS. The van der Waals surface area contributed by atoms with Gasteiger partial charge in [0.15, 0.2) is 0 Å². The second kappa shape index (κ2) is 2.51. The topological polar surface area (TPSA) is 12.4 Å². The van der Waals surface area contributed by atoms with Crippen LogP contribution >= 0.6 is 11.8 Å². The maximum atomic E-state index is 4.54. The average molecular weight is 171 g/mol. The quantitative estimate of drug-likeness (QED) is 0.546. The van der Waals surface area contributed by atoms with Crippen molar-refractivity contribution in [1.29, 1.82) is 0 Å². The van der Waals surface area contributed by atoms with Crippen LogP contribution in [0.25, 0.3) is 0 Å². The number of thioether (sulfide) groups is 1. The summed E-state index contributed by atoms with van der Waals surface area (Å²) in [7, 11) is 0. The molecule has 0 saturated heterocycles. The second-order valence-electron chi connectivity index (χ2n) is 4.33.